The van der Waals surface area contributed by atoms with Gasteiger partial charge in [0.05, 0.1) is 17.4 Å². The third kappa shape index (κ3) is 4.19. The number of anilines is 2. The molecule has 10 heteroatoms. The van der Waals surface area contributed by atoms with Crippen molar-refractivity contribution in [1.29, 1.82) is 10.8 Å². The molecule has 0 aliphatic heterocycles. The van der Waals surface area contributed by atoms with Gasteiger partial charge in [0, 0.05) is 17.8 Å². The standard InChI is InChI=1S/C22H18F4N6/c1-12(27)32-17-7-6-16(23)20(26)19(17)21(30-22(32)28)31(11-18(24)25)15-8-9-29-14(10-15)5-4-13-2-3-13/h6-10,13,18,27-28H,2-3,11H2,1H3. The Labute approximate surface area is 180 Å². The monoisotopic (exact) mass is 442 g/mol. The number of benzene rings is 1. The van der Waals surface area contributed by atoms with Crippen LogP contribution in [0.5, 0.6) is 0 Å². The zero-order chi connectivity index (χ0) is 23.0. The van der Waals surface area contributed by atoms with Crippen LogP contribution in [-0.4, -0.2) is 33.3 Å². The smallest absolute Gasteiger partial charge is 0.256 e. The summed E-state index contributed by atoms with van der Waals surface area (Å²) in [5, 5.41) is 15.7. The van der Waals surface area contributed by atoms with E-state index in [2.05, 4.69) is 21.8 Å². The van der Waals surface area contributed by atoms with Gasteiger partial charge in [0.2, 0.25) is 5.62 Å². The van der Waals surface area contributed by atoms with Gasteiger partial charge in [0.25, 0.3) is 6.43 Å². The van der Waals surface area contributed by atoms with Gasteiger partial charge in [0.1, 0.15) is 17.3 Å². The third-order valence-corrected chi connectivity index (χ3v) is 4.91. The highest BCUT2D eigenvalue weighted by molar-refractivity contribution is 5.97. The molecular weight excluding hydrogens is 424 g/mol. The Balaban J connectivity index is 1.96. The average Bonchev–Trinajstić information content (AvgIpc) is 3.57. The molecule has 3 aromatic rings. The van der Waals surface area contributed by atoms with Crippen LogP contribution in [0.25, 0.3) is 10.9 Å². The van der Waals surface area contributed by atoms with Gasteiger partial charge in [-0.3, -0.25) is 15.4 Å². The fourth-order valence-corrected chi connectivity index (χ4v) is 3.31. The lowest BCUT2D eigenvalue weighted by molar-refractivity contribution is 0.157. The van der Waals surface area contributed by atoms with E-state index in [1.807, 2.05) is 0 Å². The summed E-state index contributed by atoms with van der Waals surface area (Å²) < 4.78 is 57.1. The fourth-order valence-electron chi connectivity index (χ4n) is 3.31. The summed E-state index contributed by atoms with van der Waals surface area (Å²) in [6, 6.07) is 4.95. The molecule has 6 nitrogen and oxygen atoms in total. The largest absolute Gasteiger partial charge is 0.320 e. The number of alkyl halides is 2. The maximum absolute atomic E-state index is 14.9. The van der Waals surface area contributed by atoms with E-state index >= 15 is 0 Å². The van der Waals surface area contributed by atoms with Gasteiger partial charge in [-0.15, -0.1) is 0 Å². The second-order valence-corrected chi connectivity index (χ2v) is 7.38. The molecule has 32 heavy (non-hydrogen) atoms. The molecule has 1 fully saturated rings. The lowest BCUT2D eigenvalue weighted by Crippen LogP contribution is -2.33. The predicted molar refractivity (Wildman–Crippen MR) is 111 cm³/mol. The SMILES string of the molecule is CC(=N)n1c(=N)nc(N(CC(F)F)c2ccnc(C#CC3CC3)c2)c2c(F)c(F)ccc21. The zero-order valence-electron chi connectivity index (χ0n) is 17.0. The van der Waals surface area contributed by atoms with Crippen molar-refractivity contribution >= 4 is 28.2 Å². The van der Waals surface area contributed by atoms with Gasteiger partial charge in [-0.2, -0.15) is 4.98 Å². The Bertz CT molecular complexity index is 1330. The Morgan fingerprint density at radius 2 is 2.03 bits per heavy atom. The number of hydrogen-bond acceptors (Lipinski definition) is 5. The highest BCUT2D eigenvalue weighted by atomic mass is 19.3. The van der Waals surface area contributed by atoms with Crippen molar-refractivity contribution in [3.63, 3.8) is 0 Å². The third-order valence-electron chi connectivity index (χ3n) is 4.91. The van der Waals surface area contributed by atoms with Crippen molar-refractivity contribution in [2.45, 2.75) is 26.2 Å². The van der Waals surface area contributed by atoms with Crippen LogP contribution in [0.15, 0.2) is 30.5 Å². The van der Waals surface area contributed by atoms with Crippen molar-refractivity contribution in [2.24, 2.45) is 5.92 Å². The molecule has 4 rings (SSSR count). The quantitative estimate of drug-likeness (QED) is 0.275. The van der Waals surface area contributed by atoms with Crippen molar-refractivity contribution in [3.05, 3.63) is 53.4 Å². The molecule has 0 radical (unpaired) electrons. The van der Waals surface area contributed by atoms with Crippen LogP contribution in [0.3, 0.4) is 0 Å². The van der Waals surface area contributed by atoms with Crippen LogP contribution in [0.1, 0.15) is 25.5 Å². The molecule has 1 saturated carbocycles. The van der Waals surface area contributed by atoms with Gasteiger partial charge in [0.15, 0.2) is 11.6 Å². The summed E-state index contributed by atoms with van der Waals surface area (Å²) in [6.07, 6.45) is 0.557. The number of aromatic nitrogens is 3. The second kappa shape index (κ2) is 8.42. The van der Waals surface area contributed by atoms with E-state index in [-0.39, 0.29) is 22.9 Å². The minimum Gasteiger partial charge on any atom is -0.320 e. The van der Waals surface area contributed by atoms with E-state index in [1.54, 1.807) is 0 Å². The summed E-state index contributed by atoms with van der Waals surface area (Å²) in [6.45, 7) is 0.468. The summed E-state index contributed by atoms with van der Waals surface area (Å²) in [5.74, 6) is 3.22. The minimum atomic E-state index is -2.84. The summed E-state index contributed by atoms with van der Waals surface area (Å²) in [4.78, 5) is 9.13. The Hall–Kier alpha value is -3.74. The number of fused-ring (bicyclic) bond motifs is 1. The maximum atomic E-state index is 14.9. The number of halogens is 4. The highest BCUT2D eigenvalue weighted by Crippen LogP contribution is 2.33. The van der Waals surface area contributed by atoms with Crippen LogP contribution in [0.4, 0.5) is 29.1 Å². The molecule has 0 unspecified atom stereocenters. The molecule has 0 saturated heterocycles. The molecule has 1 aromatic carbocycles. The molecule has 1 aliphatic rings. The van der Waals surface area contributed by atoms with E-state index in [4.69, 9.17) is 10.8 Å². The number of pyridine rings is 1. The van der Waals surface area contributed by atoms with Gasteiger partial charge < -0.3 is 4.90 Å². The average molecular weight is 442 g/mol. The van der Waals surface area contributed by atoms with Crippen molar-refractivity contribution < 1.29 is 17.6 Å². The van der Waals surface area contributed by atoms with Crippen molar-refractivity contribution in [3.8, 4) is 11.8 Å². The number of nitrogens with one attached hydrogen (secondary N) is 2. The summed E-state index contributed by atoms with van der Waals surface area (Å²) >= 11 is 0. The van der Waals surface area contributed by atoms with E-state index in [0.29, 0.717) is 11.6 Å². The topological polar surface area (TPSA) is 81.7 Å². The second-order valence-electron chi connectivity index (χ2n) is 7.38. The van der Waals surface area contributed by atoms with Crippen LogP contribution in [-0.2, 0) is 0 Å². The first kappa shape index (κ1) is 21.5. The minimum absolute atomic E-state index is 0.0338. The molecule has 2 N–H and O–H groups in total. The maximum Gasteiger partial charge on any atom is 0.256 e. The normalized spacial score (nSPS) is 13.2. The number of rotatable bonds is 4. The Morgan fingerprint density at radius 1 is 1.28 bits per heavy atom. The van der Waals surface area contributed by atoms with E-state index in [1.165, 1.54) is 31.3 Å². The lowest BCUT2D eigenvalue weighted by Gasteiger charge is -2.26. The lowest BCUT2D eigenvalue weighted by atomic mass is 10.1. The molecule has 0 amide bonds. The number of hydrogen-bond donors (Lipinski definition) is 2. The van der Waals surface area contributed by atoms with Crippen LogP contribution >= 0.6 is 0 Å². The van der Waals surface area contributed by atoms with Crippen LogP contribution in [0.2, 0.25) is 0 Å². The Kier molecular flexibility index (Phi) is 5.65. The highest BCUT2D eigenvalue weighted by Gasteiger charge is 2.25. The van der Waals surface area contributed by atoms with E-state index < -0.39 is 35.6 Å². The number of nitrogens with zero attached hydrogens (tertiary/aromatic N) is 4. The van der Waals surface area contributed by atoms with Gasteiger partial charge in [-0.05, 0) is 50.0 Å². The predicted octanol–water partition coefficient (Wildman–Crippen LogP) is 4.20. The van der Waals surface area contributed by atoms with Gasteiger partial charge >= 0.3 is 0 Å². The molecule has 0 bridgehead atoms. The molecule has 2 aromatic heterocycles. The Morgan fingerprint density at radius 3 is 2.69 bits per heavy atom. The van der Waals surface area contributed by atoms with E-state index in [9.17, 15) is 17.6 Å². The molecule has 164 valence electrons. The fraction of sp³-hybridized carbons (Fsp3) is 0.273. The molecule has 1 aliphatic carbocycles. The van der Waals surface area contributed by atoms with Crippen molar-refractivity contribution in [1.82, 2.24) is 14.5 Å². The first-order valence-corrected chi connectivity index (χ1v) is 9.80. The van der Waals surface area contributed by atoms with Crippen LogP contribution < -0.4 is 10.5 Å². The summed E-state index contributed by atoms with van der Waals surface area (Å²) in [7, 11) is 0. The zero-order valence-corrected chi connectivity index (χ0v) is 17.0. The van der Waals surface area contributed by atoms with Crippen molar-refractivity contribution in [2.75, 3.05) is 11.4 Å². The molecule has 0 spiro atoms. The molecule has 2 heterocycles. The first-order valence-electron chi connectivity index (χ1n) is 9.80. The summed E-state index contributed by atoms with van der Waals surface area (Å²) in [5.41, 5.74) is 0.0279. The van der Waals surface area contributed by atoms with Gasteiger partial charge in [-0.25, -0.2) is 22.5 Å². The first-order chi connectivity index (χ1) is 15.3. The molecule has 0 atom stereocenters. The molecular formula is C22H18F4N6. The van der Waals surface area contributed by atoms with Gasteiger partial charge in [-0.1, -0.05) is 5.92 Å². The van der Waals surface area contributed by atoms with Crippen LogP contribution in [0, 0.1) is 40.2 Å². The van der Waals surface area contributed by atoms with E-state index in [0.717, 1.165) is 28.4 Å².